The molecule has 0 aliphatic carbocycles. The minimum atomic E-state index is 0.130. The van der Waals surface area contributed by atoms with Crippen LogP contribution >= 0.6 is 0 Å². The van der Waals surface area contributed by atoms with Crippen LogP contribution in [0, 0.1) is 0 Å². The molecule has 1 amide bonds. The van der Waals surface area contributed by atoms with Crippen molar-refractivity contribution in [1.29, 1.82) is 0 Å². The first-order valence-corrected chi connectivity index (χ1v) is 7.42. The Morgan fingerprint density at radius 1 is 1.24 bits per heavy atom. The molecule has 1 saturated heterocycles. The van der Waals surface area contributed by atoms with E-state index in [1.165, 1.54) is 5.56 Å². The van der Waals surface area contributed by atoms with E-state index in [0.29, 0.717) is 0 Å². The molecule has 1 aliphatic heterocycles. The van der Waals surface area contributed by atoms with Gasteiger partial charge < -0.3 is 14.8 Å². The topological polar surface area (TPSA) is 37.3 Å². The van der Waals surface area contributed by atoms with E-state index < -0.39 is 0 Å². The maximum atomic E-state index is 12.8. The number of piperazine rings is 1. The zero-order chi connectivity index (χ0) is 14.7. The fourth-order valence-corrected chi connectivity index (χ4v) is 2.93. The van der Waals surface area contributed by atoms with Gasteiger partial charge in [0.2, 0.25) is 0 Å². The molecule has 4 nitrogen and oxygen atoms in total. The zero-order valence-electron chi connectivity index (χ0n) is 12.3. The summed E-state index contributed by atoms with van der Waals surface area (Å²) in [5.74, 6) is 0.130. The molecule has 1 aromatic carbocycles. The average Bonchev–Trinajstić information content (AvgIpc) is 2.94. The van der Waals surface area contributed by atoms with Crippen molar-refractivity contribution in [3.63, 3.8) is 0 Å². The Hall–Kier alpha value is -2.07. The molecule has 1 aliphatic rings. The van der Waals surface area contributed by atoms with Gasteiger partial charge in [0.05, 0.1) is 0 Å². The summed E-state index contributed by atoms with van der Waals surface area (Å²) in [6.07, 6.45) is 2.81. The van der Waals surface area contributed by atoms with Crippen LogP contribution < -0.4 is 5.32 Å². The highest BCUT2D eigenvalue weighted by molar-refractivity contribution is 5.93. The van der Waals surface area contributed by atoms with Crippen LogP contribution in [0.5, 0.6) is 0 Å². The number of aromatic nitrogens is 1. The van der Waals surface area contributed by atoms with Crippen molar-refractivity contribution in [2.24, 2.45) is 7.05 Å². The molecule has 2 aromatic rings. The number of hydrogen-bond acceptors (Lipinski definition) is 2. The summed E-state index contributed by atoms with van der Waals surface area (Å²) >= 11 is 0. The summed E-state index contributed by atoms with van der Waals surface area (Å²) in [5, 5.41) is 3.40. The highest BCUT2D eigenvalue weighted by Crippen LogP contribution is 2.15. The standard InChI is InChI=1S/C17H21N3O/c1-19-10-5-8-16(19)17(21)20-11-9-18-13-15(20)12-14-6-3-2-4-7-14/h2-8,10,15,18H,9,11-13H2,1H3/t15-/m1/s1. The lowest BCUT2D eigenvalue weighted by Gasteiger charge is -2.36. The SMILES string of the molecule is Cn1cccc1C(=O)N1CCNC[C@H]1Cc1ccccc1. The van der Waals surface area contributed by atoms with Crippen molar-refractivity contribution in [2.45, 2.75) is 12.5 Å². The molecule has 0 bridgehead atoms. The van der Waals surface area contributed by atoms with Crippen molar-refractivity contribution in [2.75, 3.05) is 19.6 Å². The van der Waals surface area contributed by atoms with Gasteiger partial charge in [0, 0.05) is 38.9 Å². The van der Waals surface area contributed by atoms with Gasteiger partial charge in [0.25, 0.3) is 5.91 Å². The van der Waals surface area contributed by atoms with Crippen LogP contribution in [0.3, 0.4) is 0 Å². The molecular formula is C17H21N3O. The van der Waals surface area contributed by atoms with Crippen LogP contribution in [0.25, 0.3) is 0 Å². The van der Waals surface area contributed by atoms with Crippen molar-refractivity contribution in [3.05, 3.63) is 59.9 Å². The van der Waals surface area contributed by atoms with Gasteiger partial charge in [-0.3, -0.25) is 4.79 Å². The number of nitrogens with zero attached hydrogens (tertiary/aromatic N) is 2. The smallest absolute Gasteiger partial charge is 0.270 e. The van der Waals surface area contributed by atoms with E-state index in [1.54, 1.807) is 0 Å². The summed E-state index contributed by atoms with van der Waals surface area (Å²) in [6, 6.07) is 14.4. The maximum absolute atomic E-state index is 12.8. The second-order valence-corrected chi connectivity index (χ2v) is 5.55. The molecule has 0 spiro atoms. The van der Waals surface area contributed by atoms with Gasteiger partial charge >= 0.3 is 0 Å². The predicted molar refractivity (Wildman–Crippen MR) is 83.3 cm³/mol. The second-order valence-electron chi connectivity index (χ2n) is 5.55. The second kappa shape index (κ2) is 6.14. The maximum Gasteiger partial charge on any atom is 0.270 e. The predicted octanol–water partition coefficient (Wildman–Crippen LogP) is 1.68. The number of rotatable bonds is 3. The Balaban J connectivity index is 1.78. The number of carbonyl (C=O) groups excluding carboxylic acids is 1. The van der Waals surface area contributed by atoms with E-state index >= 15 is 0 Å². The third kappa shape index (κ3) is 3.00. The molecule has 3 rings (SSSR count). The van der Waals surface area contributed by atoms with E-state index in [0.717, 1.165) is 31.7 Å². The largest absolute Gasteiger partial charge is 0.347 e. The van der Waals surface area contributed by atoms with Crippen LogP contribution in [-0.4, -0.2) is 41.1 Å². The Labute approximate surface area is 125 Å². The van der Waals surface area contributed by atoms with E-state index in [1.807, 2.05) is 40.9 Å². The van der Waals surface area contributed by atoms with Crippen LogP contribution in [-0.2, 0) is 13.5 Å². The molecule has 1 aromatic heterocycles. The Morgan fingerprint density at radius 3 is 2.76 bits per heavy atom. The first-order valence-electron chi connectivity index (χ1n) is 7.42. The minimum Gasteiger partial charge on any atom is -0.347 e. The molecular weight excluding hydrogens is 262 g/mol. The molecule has 1 fully saturated rings. The van der Waals surface area contributed by atoms with Crippen molar-refractivity contribution in [1.82, 2.24) is 14.8 Å². The fraction of sp³-hybridized carbons (Fsp3) is 0.353. The first-order chi connectivity index (χ1) is 10.3. The monoisotopic (exact) mass is 283 g/mol. The van der Waals surface area contributed by atoms with E-state index in [9.17, 15) is 4.79 Å². The quantitative estimate of drug-likeness (QED) is 0.930. The molecule has 21 heavy (non-hydrogen) atoms. The third-order valence-electron chi connectivity index (χ3n) is 4.09. The van der Waals surface area contributed by atoms with Crippen LogP contribution in [0.1, 0.15) is 16.1 Å². The van der Waals surface area contributed by atoms with Gasteiger partial charge in [-0.25, -0.2) is 0 Å². The molecule has 110 valence electrons. The third-order valence-corrected chi connectivity index (χ3v) is 4.09. The van der Waals surface area contributed by atoms with Crippen molar-refractivity contribution >= 4 is 5.91 Å². The number of benzene rings is 1. The van der Waals surface area contributed by atoms with Gasteiger partial charge in [0.15, 0.2) is 0 Å². The summed E-state index contributed by atoms with van der Waals surface area (Å²) in [4.78, 5) is 14.8. The Morgan fingerprint density at radius 2 is 2.05 bits per heavy atom. The van der Waals surface area contributed by atoms with Crippen LogP contribution in [0.4, 0.5) is 0 Å². The zero-order valence-corrected chi connectivity index (χ0v) is 12.3. The van der Waals surface area contributed by atoms with Crippen LogP contribution in [0.15, 0.2) is 48.7 Å². The highest BCUT2D eigenvalue weighted by Gasteiger charge is 2.28. The fourth-order valence-electron chi connectivity index (χ4n) is 2.93. The van der Waals surface area contributed by atoms with Crippen LogP contribution in [0.2, 0.25) is 0 Å². The van der Waals surface area contributed by atoms with Gasteiger partial charge in [-0.2, -0.15) is 0 Å². The lowest BCUT2D eigenvalue weighted by Crippen LogP contribution is -2.54. The van der Waals surface area contributed by atoms with E-state index in [2.05, 4.69) is 29.6 Å². The minimum absolute atomic E-state index is 0.130. The number of amides is 1. The van der Waals surface area contributed by atoms with E-state index in [-0.39, 0.29) is 11.9 Å². The molecule has 0 saturated carbocycles. The summed E-state index contributed by atoms with van der Waals surface area (Å²) in [6.45, 7) is 2.48. The molecule has 2 heterocycles. The lowest BCUT2D eigenvalue weighted by molar-refractivity contribution is 0.0626. The molecule has 0 radical (unpaired) electrons. The highest BCUT2D eigenvalue weighted by atomic mass is 16.2. The number of nitrogens with one attached hydrogen (secondary N) is 1. The summed E-state index contributed by atoms with van der Waals surface area (Å²) in [5.41, 5.74) is 2.03. The summed E-state index contributed by atoms with van der Waals surface area (Å²) in [7, 11) is 1.92. The summed E-state index contributed by atoms with van der Waals surface area (Å²) < 4.78 is 1.89. The van der Waals surface area contributed by atoms with Gasteiger partial charge in [-0.05, 0) is 24.1 Å². The van der Waals surface area contributed by atoms with Crippen molar-refractivity contribution in [3.8, 4) is 0 Å². The Kier molecular flexibility index (Phi) is 4.06. The van der Waals surface area contributed by atoms with Gasteiger partial charge in [-0.1, -0.05) is 30.3 Å². The van der Waals surface area contributed by atoms with Gasteiger partial charge in [-0.15, -0.1) is 0 Å². The molecule has 1 N–H and O–H groups in total. The molecule has 1 atom stereocenters. The normalized spacial score (nSPS) is 18.7. The lowest BCUT2D eigenvalue weighted by atomic mass is 10.0. The average molecular weight is 283 g/mol. The first kappa shape index (κ1) is 13.9. The Bertz CT molecular complexity index is 606. The molecule has 0 unspecified atom stereocenters. The van der Waals surface area contributed by atoms with E-state index in [4.69, 9.17) is 0 Å². The molecule has 4 heteroatoms. The number of aryl methyl sites for hydroxylation is 1. The number of hydrogen-bond donors (Lipinski definition) is 1. The van der Waals surface area contributed by atoms with Gasteiger partial charge in [0.1, 0.15) is 5.69 Å². The number of carbonyl (C=O) groups is 1. The van der Waals surface area contributed by atoms with Crippen molar-refractivity contribution < 1.29 is 4.79 Å².